The van der Waals surface area contributed by atoms with E-state index in [1.54, 1.807) is 41.5 Å². The molecule has 4 N–H and O–H groups in total. The van der Waals surface area contributed by atoms with Gasteiger partial charge in [-0.3, -0.25) is 33.6 Å². The van der Waals surface area contributed by atoms with Crippen molar-refractivity contribution in [3.05, 3.63) is 71.8 Å². The van der Waals surface area contributed by atoms with Crippen molar-refractivity contribution in [2.75, 3.05) is 41.3 Å². The van der Waals surface area contributed by atoms with Crippen molar-refractivity contribution in [1.82, 2.24) is 35.6 Å². The zero-order valence-electron chi connectivity index (χ0n) is 51.1. The number of rotatable bonds is 14. The molecular weight excluding hydrogens is 1030 g/mol. The fourth-order valence-electron chi connectivity index (χ4n) is 12.6. The molecule has 0 aliphatic carbocycles. The minimum Gasteiger partial charge on any atom is -0.450 e. The summed E-state index contributed by atoms with van der Waals surface area (Å²) >= 11 is 0. The lowest BCUT2D eigenvalue weighted by Crippen LogP contribution is -2.63. The van der Waals surface area contributed by atoms with Gasteiger partial charge in [-0.25, -0.2) is 14.1 Å². The van der Waals surface area contributed by atoms with Crippen LogP contribution in [0.15, 0.2) is 60.7 Å². The third-order valence-electron chi connectivity index (χ3n) is 17.3. The van der Waals surface area contributed by atoms with Crippen LogP contribution in [0.1, 0.15) is 133 Å². The van der Waals surface area contributed by atoms with Gasteiger partial charge < -0.3 is 45.4 Å². The molecule has 0 bridgehead atoms. The van der Waals surface area contributed by atoms with Crippen LogP contribution in [0.2, 0.25) is 0 Å². The summed E-state index contributed by atoms with van der Waals surface area (Å²) in [5.41, 5.74) is -1.77. The number of likely N-dealkylation sites (N-methyl/N-ethyl adjacent to an activating group) is 4. The van der Waals surface area contributed by atoms with Gasteiger partial charge >= 0.3 is 11.9 Å². The molecule has 12 unspecified atom stereocenters. The Bertz CT molecular complexity index is 2570. The molecule has 19 heteroatoms. The van der Waals surface area contributed by atoms with Crippen molar-refractivity contribution in [1.29, 1.82) is 0 Å². The summed E-state index contributed by atoms with van der Waals surface area (Å²) in [7, 11) is 5.76. The smallest absolute Gasteiger partial charge is 0.337 e. The van der Waals surface area contributed by atoms with Crippen LogP contribution >= 0.6 is 0 Å². The van der Waals surface area contributed by atoms with Crippen LogP contribution in [0.5, 0.6) is 0 Å². The van der Waals surface area contributed by atoms with Crippen LogP contribution in [0.3, 0.4) is 0 Å². The van der Waals surface area contributed by atoms with E-state index < -0.39 is 131 Å². The molecule has 3 fully saturated rings. The highest BCUT2D eigenvalue weighted by Crippen LogP contribution is 2.53. The number of piperidine rings is 1. The predicted octanol–water partition coefficient (Wildman–Crippen LogP) is 4.66. The monoisotopic (exact) mass is 1130 g/mol. The largest absolute Gasteiger partial charge is 0.450 e. The fraction of sp³-hybridized carbons (Fsp3) is 0.661. The van der Waals surface area contributed by atoms with E-state index >= 15 is 24.0 Å². The number of benzene rings is 2. The number of cyclic esters (lactones) is 1. The van der Waals surface area contributed by atoms with Crippen molar-refractivity contribution < 1.29 is 57.5 Å². The molecule has 3 aliphatic heterocycles. The van der Waals surface area contributed by atoms with Crippen LogP contribution in [0.4, 0.5) is 0 Å². The molecule has 19 nitrogen and oxygen atoms in total. The second-order valence-electron chi connectivity index (χ2n) is 25.2. The number of nitrogens with zero attached hydrogens (tertiary/aromatic N) is 5. The first-order chi connectivity index (χ1) is 37.9. The van der Waals surface area contributed by atoms with Gasteiger partial charge in [0.2, 0.25) is 35.1 Å². The summed E-state index contributed by atoms with van der Waals surface area (Å²) in [4.78, 5) is 141. The van der Waals surface area contributed by atoms with Gasteiger partial charge in [-0.1, -0.05) is 136 Å². The maximum atomic E-state index is 15.7. The molecule has 2 aromatic rings. The molecule has 0 saturated carbocycles. The Kier molecular flexibility index (Phi) is 22.1. The van der Waals surface area contributed by atoms with Gasteiger partial charge in [-0.2, -0.15) is 0 Å². The highest BCUT2D eigenvalue weighted by molar-refractivity contribution is 6.00. The zero-order valence-corrected chi connectivity index (χ0v) is 51.1. The summed E-state index contributed by atoms with van der Waals surface area (Å²) in [6.45, 7) is 21.2. The average Bonchev–Trinajstić information content (AvgIpc) is 2.08. The molecule has 81 heavy (non-hydrogen) atoms. The maximum absolute atomic E-state index is 15.7. The number of amides is 8. The summed E-state index contributed by atoms with van der Waals surface area (Å²) in [5.74, 6) is -8.25. The number of nitrogens with one attached hydrogen (secondary N) is 3. The van der Waals surface area contributed by atoms with E-state index in [-0.39, 0.29) is 42.1 Å². The first-order valence-electron chi connectivity index (χ1n) is 29.3. The molecule has 3 saturated heterocycles. The molecule has 448 valence electrons. The van der Waals surface area contributed by atoms with Gasteiger partial charge in [0.25, 0.3) is 11.8 Å². The Hall–Kier alpha value is -6.21. The number of carbonyl (C=O) groups is 9. The Morgan fingerprint density at radius 1 is 0.654 bits per heavy atom. The molecule has 0 radical (unpaired) electrons. The minimum atomic E-state index is -1.97. The Morgan fingerprint density at radius 2 is 1.16 bits per heavy atom. The lowest BCUT2D eigenvalue weighted by Gasteiger charge is -2.39. The number of esters is 1. The molecule has 12 atom stereocenters. The van der Waals surface area contributed by atoms with E-state index in [9.17, 15) is 24.3 Å². The molecule has 0 spiro atoms. The van der Waals surface area contributed by atoms with Crippen LogP contribution < -0.4 is 16.0 Å². The molecule has 3 aliphatic rings. The minimum absolute atomic E-state index is 0.00507. The molecule has 3 heterocycles. The van der Waals surface area contributed by atoms with Gasteiger partial charge in [0.05, 0.1) is 12.1 Å². The van der Waals surface area contributed by atoms with Crippen molar-refractivity contribution in [3.63, 3.8) is 0 Å². The van der Waals surface area contributed by atoms with Crippen LogP contribution in [0.25, 0.3) is 0 Å². The van der Waals surface area contributed by atoms with Crippen molar-refractivity contribution in [2.24, 2.45) is 29.6 Å². The summed E-state index contributed by atoms with van der Waals surface area (Å²) in [6.07, 6.45) is 1.06. The standard InChI is InChI=1S/C62H94N8O11/c1-17-26-41(10)47-56(75)67(14)48(38(5)6)52(71)63-44(33-37(3)4)55(74)69(16)51(61(11,12)80)59(78)81-50(40(9)18-2)57(76)68(15)49(39(7)8)53(72)64-45(34-42-27-21-19-22-28-42)54(73)66(13)46(35-43-29-23-20-24-30-43)58(77)70-32-25-31-62(70,36-70)60(79)65-47/h19-24,27-30,37-41,44-51,80H,17-18,25-26,31-36H2,1-16H3,(H2-,63,64,65,71,72,79)/p+1. The van der Waals surface area contributed by atoms with E-state index in [4.69, 9.17) is 4.74 Å². The molecule has 5 rings (SSSR count). The van der Waals surface area contributed by atoms with Gasteiger partial charge in [0.15, 0.2) is 24.7 Å². The van der Waals surface area contributed by atoms with Crippen molar-refractivity contribution in [3.8, 4) is 0 Å². The maximum Gasteiger partial charge on any atom is 0.337 e. The number of carbonyl (C=O) groups excluding carboxylic acids is 9. The average molecular weight is 1130 g/mol. The van der Waals surface area contributed by atoms with Crippen LogP contribution in [-0.4, -0.2) is 183 Å². The van der Waals surface area contributed by atoms with Gasteiger partial charge in [0.1, 0.15) is 30.2 Å². The highest BCUT2D eigenvalue weighted by Gasteiger charge is 2.81. The Labute approximate surface area is 481 Å². The van der Waals surface area contributed by atoms with E-state index in [0.29, 0.717) is 44.2 Å². The van der Waals surface area contributed by atoms with Gasteiger partial charge in [-0.05, 0) is 67.9 Å². The summed E-state index contributed by atoms with van der Waals surface area (Å²) < 4.78 is 5.86. The first-order valence-corrected chi connectivity index (χ1v) is 29.3. The number of hydrogen-bond donors (Lipinski definition) is 4. The van der Waals surface area contributed by atoms with Crippen molar-refractivity contribution >= 4 is 53.2 Å². The third-order valence-corrected chi connectivity index (χ3v) is 17.3. The summed E-state index contributed by atoms with van der Waals surface area (Å²) in [6, 6.07) is 9.42. The van der Waals surface area contributed by atoms with Gasteiger partial charge in [0, 0.05) is 59.8 Å². The second kappa shape index (κ2) is 27.2. The topological polar surface area (TPSA) is 232 Å². The lowest BCUT2D eigenvalue weighted by atomic mass is 9.92. The van der Waals surface area contributed by atoms with E-state index in [1.807, 2.05) is 88.4 Å². The molecule has 8 amide bonds. The van der Waals surface area contributed by atoms with Crippen molar-refractivity contribution in [2.45, 2.75) is 194 Å². The summed E-state index contributed by atoms with van der Waals surface area (Å²) in [5, 5.41) is 20.7. The normalized spacial score (nSPS) is 29.3. The number of aliphatic hydroxyl groups is 1. The third kappa shape index (κ3) is 14.5. The Balaban J connectivity index is 1.72. The SMILES string of the molecule is CCCC(C)C1NC(=O)C23CCC[N+]2(C3)C(=O)C(Cc2ccccc2)N(C)C(=O)C(Cc2ccccc2)NC(=O)C(C(C)C)N(C)C(=O)C(C(C)CC)OC(=O)C(C(C)(C)O)N(C)C(=O)C(CC(C)C)NC(=O)C(C(C)C)N(C)C1=O. The first kappa shape index (κ1) is 65.6. The zero-order chi connectivity index (χ0) is 60.6. The van der Waals surface area contributed by atoms with Gasteiger partial charge in [-0.15, -0.1) is 0 Å². The lowest BCUT2D eigenvalue weighted by molar-refractivity contribution is -0.734. The second-order valence-corrected chi connectivity index (χ2v) is 25.2. The highest BCUT2D eigenvalue weighted by atomic mass is 16.6. The van der Waals surface area contributed by atoms with Crippen LogP contribution in [0, 0.1) is 29.6 Å². The fourth-order valence-corrected chi connectivity index (χ4v) is 12.6. The van der Waals surface area contributed by atoms with E-state index in [0.717, 1.165) is 10.5 Å². The van der Waals surface area contributed by atoms with E-state index in [1.165, 1.54) is 56.7 Å². The van der Waals surface area contributed by atoms with E-state index in [2.05, 4.69) is 16.0 Å². The molecular formula is C62H95N8O11+. The van der Waals surface area contributed by atoms with Crippen LogP contribution in [-0.2, 0) is 60.7 Å². The number of quaternary nitrogens is 1. The Morgan fingerprint density at radius 3 is 1.65 bits per heavy atom. The predicted molar refractivity (Wildman–Crippen MR) is 308 cm³/mol. The number of hydrogen-bond acceptors (Lipinski definition) is 11. The molecule has 2 aromatic carbocycles. The quantitative estimate of drug-likeness (QED) is 0.116. The number of ether oxygens (including phenoxy) is 1. The molecule has 0 aromatic heterocycles.